The molecule has 3 N–H and O–H groups in total. The molecule has 0 unspecified atom stereocenters. The van der Waals surface area contributed by atoms with E-state index in [0.29, 0.717) is 6.54 Å². The van der Waals surface area contributed by atoms with E-state index in [9.17, 15) is 4.79 Å². The molecule has 0 saturated carbocycles. The monoisotopic (exact) mass is 202 g/mol. The van der Waals surface area contributed by atoms with Gasteiger partial charge >= 0.3 is 0 Å². The summed E-state index contributed by atoms with van der Waals surface area (Å²) in [6.07, 6.45) is 0. The Kier molecular flexibility index (Phi) is 3.90. The predicted octanol–water partition coefficient (Wildman–Crippen LogP) is 1.26. The summed E-state index contributed by atoms with van der Waals surface area (Å²) in [7, 11) is 0. The maximum atomic E-state index is 10.9. The molecule has 0 heterocycles. The standard InChI is InChI=1S/C12H14N2O/c1-9-6-11(4-3-5-13)8-12(7-9)14-10(2)15/h6-8H,5,13H2,1-2H3,(H,14,15). The van der Waals surface area contributed by atoms with Crippen molar-refractivity contribution in [2.45, 2.75) is 13.8 Å². The van der Waals surface area contributed by atoms with Crippen molar-refractivity contribution >= 4 is 11.6 Å². The van der Waals surface area contributed by atoms with Crippen LogP contribution in [0.15, 0.2) is 18.2 Å². The van der Waals surface area contributed by atoms with Crippen LogP contribution in [0, 0.1) is 18.8 Å². The topological polar surface area (TPSA) is 55.1 Å². The van der Waals surface area contributed by atoms with Crippen molar-refractivity contribution in [3.8, 4) is 11.8 Å². The minimum Gasteiger partial charge on any atom is -0.326 e. The molecule has 0 aliphatic heterocycles. The van der Waals surface area contributed by atoms with Crippen LogP contribution in [0.1, 0.15) is 18.1 Å². The zero-order valence-corrected chi connectivity index (χ0v) is 8.92. The van der Waals surface area contributed by atoms with Gasteiger partial charge in [0, 0.05) is 18.2 Å². The molecule has 3 nitrogen and oxygen atoms in total. The lowest BCUT2D eigenvalue weighted by molar-refractivity contribution is -0.114. The van der Waals surface area contributed by atoms with Gasteiger partial charge in [-0.25, -0.2) is 0 Å². The lowest BCUT2D eigenvalue weighted by atomic mass is 10.1. The summed E-state index contributed by atoms with van der Waals surface area (Å²) in [6.45, 7) is 3.77. The SMILES string of the molecule is CC(=O)Nc1cc(C)cc(C#CCN)c1. The molecule has 1 rings (SSSR count). The second-order valence-electron chi connectivity index (χ2n) is 3.27. The molecular formula is C12H14N2O. The highest BCUT2D eigenvalue weighted by Crippen LogP contribution is 2.13. The number of carbonyl (C=O) groups excluding carboxylic acids is 1. The summed E-state index contributed by atoms with van der Waals surface area (Å²) in [5.41, 5.74) is 7.98. The molecule has 0 spiro atoms. The van der Waals surface area contributed by atoms with Gasteiger partial charge < -0.3 is 11.1 Å². The first kappa shape index (κ1) is 11.3. The number of nitrogens with two attached hydrogens (primary N) is 1. The van der Waals surface area contributed by atoms with Gasteiger partial charge in [-0.3, -0.25) is 4.79 Å². The van der Waals surface area contributed by atoms with Crippen molar-refractivity contribution in [3.63, 3.8) is 0 Å². The van der Waals surface area contributed by atoms with Crippen molar-refractivity contribution in [1.29, 1.82) is 0 Å². The number of carbonyl (C=O) groups is 1. The first-order valence-electron chi connectivity index (χ1n) is 4.70. The van der Waals surface area contributed by atoms with Gasteiger partial charge in [-0.2, -0.15) is 0 Å². The van der Waals surface area contributed by atoms with Gasteiger partial charge in [0.25, 0.3) is 0 Å². The Bertz CT molecular complexity index is 427. The molecule has 1 aromatic carbocycles. The minimum atomic E-state index is -0.0849. The molecular weight excluding hydrogens is 188 g/mol. The summed E-state index contributed by atoms with van der Waals surface area (Å²) >= 11 is 0. The molecule has 0 aliphatic carbocycles. The third-order valence-electron chi connectivity index (χ3n) is 1.73. The first-order valence-corrected chi connectivity index (χ1v) is 4.70. The Morgan fingerprint density at radius 2 is 2.20 bits per heavy atom. The summed E-state index contributed by atoms with van der Waals surface area (Å²) < 4.78 is 0. The Balaban J connectivity index is 2.99. The fraction of sp³-hybridized carbons (Fsp3) is 0.250. The average molecular weight is 202 g/mol. The van der Waals surface area contributed by atoms with Crippen molar-refractivity contribution < 1.29 is 4.79 Å². The number of rotatable bonds is 1. The van der Waals surface area contributed by atoms with Gasteiger partial charge in [0.05, 0.1) is 6.54 Å². The molecule has 0 saturated heterocycles. The number of nitrogens with one attached hydrogen (secondary N) is 1. The van der Waals surface area contributed by atoms with Crippen molar-refractivity contribution in [1.82, 2.24) is 0 Å². The number of anilines is 1. The van der Waals surface area contributed by atoms with E-state index < -0.39 is 0 Å². The van der Waals surface area contributed by atoms with E-state index in [2.05, 4.69) is 17.2 Å². The van der Waals surface area contributed by atoms with Crippen LogP contribution in [-0.4, -0.2) is 12.5 Å². The summed E-state index contributed by atoms with van der Waals surface area (Å²) in [4.78, 5) is 10.9. The molecule has 0 aromatic heterocycles. The second-order valence-corrected chi connectivity index (χ2v) is 3.27. The number of benzene rings is 1. The minimum absolute atomic E-state index is 0.0849. The van der Waals surface area contributed by atoms with Gasteiger partial charge in [0.2, 0.25) is 5.91 Å². The molecule has 1 aromatic rings. The van der Waals surface area contributed by atoms with Gasteiger partial charge in [-0.1, -0.05) is 11.8 Å². The average Bonchev–Trinajstić information content (AvgIpc) is 2.12. The Hall–Kier alpha value is -1.79. The Morgan fingerprint density at radius 3 is 2.80 bits per heavy atom. The molecule has 15 heavy (non-hydrogen) atoms. The van der Waals surface area contributed by atoms with E-state index >= 15 is 0 Å². The van der Waals surface area contributed by atoms with Crippen LogP contribution in [0.2, 0.25) is 0 Å². The highest BCUT2D eigenvalue weighted by Gasteiger charge is 1.98. The van der Waals surface area contributed by atoms with E-state index in [1.807, 2.05) is 25.1 Å². The Morgan fingerprint density at radius 1 is 1.47 bits per heavy atom. The van der Waals surface area contributed by atoms with Crippen LogP contribution in [0.3, 0.4) is 0 Å². The fourth-order valence-electron chi connectivity index (χ4n) is 1.28. The first-order chi connectivity index (χ1) is 7.11. The predicted molar refractivity (Wildman–Crippen MR) is 61.4 cm³/mol. The summed E-state index contributed by atoms with van der Waals surface area (Å²) in [6, 6.07) is 5.68. The molecule has 0 bridgehead atoms. The number of hydrogen-bond donors (Lipinski definition) is 2. The van der Waals surface area contributed by atoms with Crippen LogP contribution >= 0.6 is 0 Å². The lowest BCUT2D eigenvalue weighted by Crippen LogP contribution is -2.06. The smallest absolute Gasteiger partial charge is 0.221 e. The molecule has 0 radical (unpaired) electrons. The number of hydrogen-bond acceptors (Lipinski definition) is 2. The van der Waals surface area contributed by atoms with Gasteiger partial charge in [0.15, 0.2) is 0 Å². The van der Waals surface area contributed by atoms with Crippen LogP contribution in [0.25, 0.3) is 0 Å². The van der Waals surface area contributed by atoms with E-state index in [4.69, 9.17) is 5.73 Å². The molecule has 0 fully saturated rings. The highest BCUT2D eigenvalue weighted by atomic mass is 16.1. The zero-order chi connectivity index (χ0) is 11.3. The highest BCUT2D eigenvalue weighted by molar-refractivity contribution is 5.88. The van der Waals surface area contributed by atoms with Crippen molar-refractivity contribution in [3.05, 3.63) is 29.3 Å². The summed E-state index contributed by atoms with van der Waals surface area (Å²) in [5.74, 6) is 5.62. The zero-order valence-electron chi connectivity index (χ0n) is 8.92. The second kappa shape index (κ2) is 5.18. The largest absolute Gasteiger partial charge is 0.326 e. The van der Waals surface area contributed by atoms with Crippen molar-refractivity contribution in [2.24, 2.45) is 5.73 Å². The number of aryl methyl sites for hydroxylation is 1. The third kappa shape index (κ3) is 3.84. The summed E-state index contributed by atoms with van der Waals surface area (Å²) in [5, 5.41) is 2.72. The normalized spacial score (nSPS) is 9.00. The third-order valence-corrected chi connectivity index (χ3v) is 1.73. The lowest BCUT2D eigenvalue weighted by Gasteiger charge is -2.04. The fourth-order valence-corrected chi connectivity index (χ4v) is 1.28. The molecule has 0 aliphatic rings. The molecule has 3 heteroatoms. The van der Waals surface area contributed by atoms with E-state index in [1.165, 1.54) is 6.92 Å². The van der Waals surface area contributed by atoms with Gasteiger partial charge in [0.1, 0.15) is 0 Å². The maximum Gasteiger partial charge on any atom is 0.221 e. The number of amides is 1. The van der Waals surface area contributed by atoms with Crippen molar-refractivity contribution in [2.75, 3.05) is 11.9 Å². The quantitative estimate of drug-likeness (QED) is 0.674. The van der Waals surface area contributed by atoms with Crippen LogP contribution in [-0.2, 0) is 4.79 Å². The molecule has 0 atom stereocenters. The van der Waals surface area contributed by atoms with Crippen LogP contribution in [0.4, 0.5) is 5.69 Å². The van der Waals surface area contributed by atoms with E-state index in [-0.39, 0.29) is 5.91 Å². The Labute approximate surface area is 89.7 Å². The van der Waals surface area contributed by atoms with Gasteiger partial charge in [-0.15, -0.1) is 0 Å². The van der Waals surface area contributed by atoms with Crippen LogP contribution in [0.5, 0.6) is 0 Å². The van der Waals surface area contributed by atoms with Gasteiger partial charge in [-0.05, 0) is 30.7 Å². The molecule has 1 amide bonds. The van der Waals surface area contributed by atoms with E-state index in [0.717, 1.165) is 16.8 Å². The maximum absolute atomic E-state index is 10.9. The molecule has 78 valence electrons. The van der Waals surface area contributed by atoms with E-state index in [1.54, 1.807) is 0 Å². The van der Waals surface area contributed by atoms with Crippen LogP contribution < -0.4 is 11.1 Å².